The second-order valence-corrected chi connectivity index (χ2v) is 7.38. The van der Waals surface area contributed by atoms with Gasteiger partial charge in [-0.05, 0) is 30.3 Å². The van der Waals surface area contributed by atoms with E-state index in [1.54, 1.807) is 0 Å². The standard InChI is InChI=1S/C22H16BN4/c1-2-8-17(9-3-1)26-18-10-4-5-11-19(18)27-20-12-6-7-16-15-24-13-14-25(23(26)27)22(24)21(16)20/h1-14H,15H2/q+1. The fourth-order valence-corrected chi connectivity index (χ4v) is 4.99. The topological polar surface area (TPSA) is 15.3 Å². The summed E-state index contributed by atoms with van der Waals surface area (Å²) in [6.45, 7) is 0.957. The van der Waals surface area contributed by atoms with Gasteiger partial charge in [-0.2, -0.15) is 0 Å². The number of fused-ring (bicyclic) bond motifs is 5. The summed E-state index contributed by atoms with van der Waals surface area (Å²) in [6.07, 6.45) is 4.45. The predicted octanol–water partition coefficient (Wildman–Crippen LogP) is 3.94. The van der Waals surface area contributed by atoms with Crippen LogP contribution in [0, 0.1) is 0 Å². The number of rotatable bonds is 1. The largest absolute Gasteiger partial charge is 0.643 e. The van der Waals surface area contributed by atoms with Crippen LogP contribution in [-0.4, -0.2) is 11.7 Å². The van der Waals surface area contributed by atoms with Gasteiger partial charge in [0.15, 0.2) is 0 Å². The SMILES string of the molecule is c1ccc(N2B3N(c4ccccc42)c2cccc4c2-c2n(cc[n+]23)C4)cc1. The summed E-state index contributed by atoms with van der Waals surface area (Å²) in [5.41, 5.74) is 7.81. The smallest absolute Gasteiger partial charge is 0.320 e. The first-order valence-corrected chi connectivity index (χ1v) is 9.37. The first-order chi connectivity index (χ1) is 13.4. The third-order valence-corrected chi connectivity index (χ3v) is 6.02. The molecule has 4 aromatic rings. The maximum atomic E-state index is 2.49. The van der Waals surface area contributed by atoms with Crippen molar-refractivity contribution in [2.75, 3.05) is 9.62 Å². The minimum absolute atomic E-state index is 0.0712. The molecule has 3 aliphatic rings. The average molecular weight is 347 g/mol. The van der Waals surface area contributed by atoms with Gasteiger partial charge < -0.3 is 9.62 Å². The van der Waals surface area contributed by atoms with Gasteiger partial charge in [0.05, 0.1) is 16.9 Å². The molecular weight excluding hydrogens is 331 g/mol. The molecule has 0 atom stereocenters. The Morgan fingerprint density at radius 1 is 0.741 bits per heavy atom. The van der Waals surface area contributed by atoms with Gasteiger partial charge >= 0.3 is 7.12 Å². The highest BCUT2D eigenvalue weighted by Crippen LogP contribution is 2.51. The van der Waals surface area contributed by atoms with Gasteiger partial charge in [0.25, 0.3) is 5.82 Å². The van der Waals surface area contributed by atoms with Crippen molar-refractivity contribution in [3.8, 4) is 11.4 Å². The van der Waals surface area contributed by atoms with Crippen LogP contribution in [0.3, 0.4) is 0 Å². The molecular formula is C22H16BN4+. The molecule has 0 fully saturated rings. The van der Waals surface area contributed by atoms with Crippen molar-refractivity contribution in [1.82, 2.24) is 4.57 Å². The monoisotopic (exact) mass is 347 g/mol. The first kappa shape index (κ1) is 13.7. The van der Waals surface area contributed by atoms with Crippen molar-refractivity contribution < 1.29 is 4.48 Å². The molecule has 0 amide bonds. The molecule has 0 unspecified atom stereocenters. The molecule has 0 spiro atoms. The van der Waals surface area contributed by atoms with Crippen molar-refractivity contribution in [1.29, 1.82) is 0 Å². The highest BCUT2D eigenvalue weighted by atomic mass is 15.4. The highest BCUT2D eigenvalue weighted by molar-refractivity contribution is 6.66. The molecule has 5 heteroatoms. The van der Waals surface area contributed by atoms with E-state index in [-0.39, 0.29) is 7.12 Å². The summed E-state index contributed by atoms with van der Waals surface area (Å²) in [5.74, 6) is 1.32. The zero-order chi connectivity index (χ0) is 17.5. The Morgan fingerprint density at radius 3 is 2.33 bits per heavy atom. The van der Waals surface area contributed by atoms with Crippen LogP contribution >= 0.6 is 0 Å². The number of anilines is 4. The Labute approximate surface area is 157 Å². The lowest BCUT2D eigenvalue weighted by molar-refractivity contribution is -0.526. The van der Waals surface area contributed by atoms with Crippen LogP contribution in [0.4, 0.5) is 22.7 Å². The molecule has 126 valence electrons. The van der Waals surface area contributed by atoms with E-state index in [1.165, 1.54) is 39.7 Å². The lowest BCUT2D eigenvalue weighted by atomic mass is 9.82. The lowest BCUT2D eigenvalue weighted by Gasteiger charge is -2.30. The summed E-state index contributed by atoms with van der Waals surface area (Å²) in [7, 11) is 0.0712. The van der Waals surface area contributed by atoms with Crippen LogP contribution in [-0.2, 0) is 6.54 Å². The Morgan fingerprint density at radius 2 is 1.48 bits per heavy atom. The molecule has 0 saturated carbocycles. The van der Waals surface area contributed by atoms with E-state index in [1.807, 2.05) is 0 Å². The van der Waals surface area contributed by atoms with Crippen molar-refractivity contribution >= 4 is 29.9 Å². The second-order valence-electron chi connectivity index (χ2n) is 7.38. The van der Waals surface area contributed by atoms with E-state index in [4.69, 9.17) is 0 Å². The average Bonchev–Trinajstić information content (AvgIpc) is 3.38. The van der Waals surface area contributed by atoms with E-state index in [9.17, 15) is 0 Å². The molecule has 3 aliphatic heterocycles. The molecule has 0 aliphatic carbocycles. The number of nitrogens with zero attached hydrogens (tertiary/aromatic N) is 4. The lowest BCUT2D eigenvalue weighted by Crippen LogP contribution is -2.68. The predicted molar refractivity (Wildman–Crippen MR) is 107 cm³/mol. The number of benzene rings is 3. The number of hydrogen-bond acceptors (Lipinski definition) is 2. The van der Waals surface area contributed by atoms with Crippen molar-refractivity contribution in [3.63, 3.8) is 0 Å². The van der Waals surface area contributed by atoms with Crippen molar-refractivity contribution in [3.05, 3.63) is 90.8 Å². The first-order valence-electron chi connectivity index (χ1n) is 9.37. The van der Waals surface area contributed by atoms with Crippen LogP contribution < -0.4 is 14.1 Å². The molecule has 27 heavy (non-hydrogen) atoms. The molecule has 1 aromatic heterocycles. The number of para-hydroxylation sites is 3. The van der Waals surface area contributed by atoms with Crippen LogP contribution in [0.5, 0.6) is 0 Å². The molecule has 3 aromatic carbocycles. The number of aromatic nitrogens is 2. The fraction of sp³-hybridized carbons (Fsp3) is 0.0455. The Kier molecular flexibility index (Phi) is 2.35. The second kappa shape index (κ2) is 4.63. The van der Waals surface area contributed by atoms with Gasteiger partial charge in [0, 0.05) is 16.9 Å². The van der Waals surface area contributed by atoms with E-state index < -0.39 is 0 Å². The summed E-state index contributed by atoms with van der Waals surface area (Å²) >= 11 is 0. The van der Waals surface area contributed by atoms with E-state index in [0.29, 0.717) is 0 Å². The van der Waals surface area contributed by atoms with Gasteiger partial charge in [-0.25, -0.2) is 4.57 Å². The van der Waals surface area contributed by atoms with E-state index in [2.05, 4.69) is 104 Å². The van der Waals surface area contributed by atoms with Crippen molar-refractivity contribution in [2.45, 2.75) is 6.54 Å². The van der Waals surface area contributed by atoms with E-state index in [0.717, 1.165) is 6.54 Å². The Hall–Kier alpha value is -3.47. The minimum Gasteiger partial charge on any atom is -0.320 e. The van der Waals surface area contributed by atoms with Crippen LogP contribution in [0.1, 0.15) is 5.56 Å². The summed E-state index contributed by atoms with van der Waals surface area (Å²) in [5, 5.41) is 0. The quantitative estimate of drug-likeness (QED) is 0.427. The summed E-state index contributed by atoms with van der Waals surface area (Å²) in [6, 6.07) is 26.2. The molecule has 0 N–H and O–H groups in total. The highest BCUT2D eigenvalue weighted by Gasteiger charge is 2.56. The van der Waals surface area contributed by atoms with Crippen LogP contribution in [0.2, 0.25) is 0 Å². The zero-order valence-corrected chi connectivity index (χ0v) is 14.7. The van der Waals surface area contributed by atoms with E-state index >= 15 is 0 Å². The fourth-order valence-electron chi connectivity index (χ4n) is 4.99. The Bertz CT molecular complexity index is 1230. The normalized spacial score (nSPS) is 15.0. The third-order valence-electron chi connectivity index (χ3n) is 6.02. The van der Waals surface area contributed by atoms with Gasteiger partial charge in [-0.3, -0.25) is 4.48 Å². The van der Waals surface area contributed by atoms with Gasteiger partial charge in [-0.15, -0.1) is 0 Å². The van der Waals surface area contributed by atoms with Gasteiger partial charge in [-0.1, -0.05) is 42.5 Å². The third kappa shape index (κ3) is 1.54. The molecule has 0 radical (unpaired) electrons. The summed E-state index contributed by atoms with van der Waals surface area (Å²) in [4.78, 5) is 4.94. The van der Waals surface area contributed by atoms with Crippen molar-refractivity contribution in [2.24, 2.45) is 0 Å². The molecule has 0 saturated heterocycles. The van der Waals surface area contributed by atoms with Crippen LogP contribution in [0.15, 0.2) is 85.2 Å². The number of hydrogen-bond donors (Lipinski definition) is 0. The summed E-state index contributed by atoms with van der Waals surface area (Å²) < 4.78 is 4.80. The molecule has 7 rings (SSSR count). The van der Waals surface area contributed by atoms with Crippen LogP contribution in [0.25, 0.3) is 11.4 Å². The van der Waals surface area contributed by atoms with Gasteiger partial charge in [0.2, 0.25) is 0 Å². The minimum atomic E-state index is 0.0712. The molecule has 0 bridgehead atoms. The maximum absolute atomic E-state index is 2.49. The Balaban J connectivity index is 1.59. The maximum Gasteiger partial charge on any atom is 0.643 e. The number of imidazole rings is 1. The zero-order valence-electron chi connectivity index (χ0n) is 14.7. The molecule has 4 heterocycles. The molecule has 4 nitrogen and oxygen atoms in total. The van der Waals surface area contributed by atoms with Gasteiger partial charge in [0.1, 0.15) is 18.9 Å².